The molecule has 7 heteroatoms. The van der Waals surface area contributed by atoms with Crippen molar-refractivity contribution in [1.82, 2.24) is 20.7 Å². The molecule has 1 fully saturated rings. The fourth-order valence-corrected chi connectivity index (χ4v) is 1.91. The molecule has 7 nitrogen and oxygen atoms in total. The highest BCUT2D eigenvalue weighted by Gasteiger charge is 2.30. The Hall–Kier alpha value is -1.92. The van der Waals surface area contributed by atoms with Crippen LogP contribution in [0.5, 0.6) is 0 Å². The third kappa shape index (κ3) is 2.18. The average molecular weight is 224 g/mol. The maximum Gasteiger partial charge on any atom is 0.306 e. The Kier molecular flexibility index (Phi) is 2.84. The minimum absolute atomic E-state index is 0.0784. The summed E-state index contributed by atoms with van der Waals surface area (Å²) >= 11 is 0. The van der Waals surface area contributed by atoms with Gasteiger partial charge in [-0.2, -0.15) is 15.4 Å². The quantitative estimate of drug-likeness (QED) is 0.658. The van der Waals surface area contributed by atoms with Crippen LogP contribution in [-0.4, -0.2) is 38.4 Å². The molecule has 0 spiro atoms. The Labute approximate surface area is 91.2 Å². The highest BCUT2D eigenvalue weighted by atomic mass is 16.4. The molecule has 1 aromatic rings. The van der Waals surface area contributed by atoms with Gasteiger partial charge in [-0.3, -0.25) is 9.59 Å². The van der Waals surface area contributed by atoms with Crippen molar-refractivity contribution in [3.8, 4) is 0 Å². The van der Waals surface area contributed by atoms with Gasteiger partial charge < -0.3 is 10.4 Å². The molecule has 1 heterocycles. The number of rotatable bonds is 3. The van der Waals surface area contributed by atoms with Gasteiger partial charge in [-0.25, -0.2) is 0 Å². The van der Waals surface area contributed by atoms with Gasteiger partial charge in [0.05, 0.1) is 12.1 Å². The number of aromatic amines is 1. The minimum atomic E-state index is -0.793. The molecule has 0 aromatic carbocycles. The van der Waals surface area contributed by atoms with E-state index in [1.165, 1.54) is 6.20 Å². The van der Waals surface area contributed by atoms with Crippen LogP contribution in [0.2, 0.25) is 0 Å². The Bertz CT molecular complexity index is 389. The summed E-state index contributed by atoms with van der Waals surface area (Å²) in [7, 11) is 0. The van der Waals surface area contributed by atoms with Crippen LogP contribution in [0, 0.1) is 5.92 Å². The van der Waals surface area contributed by atoms with E-state index < -0.39 is 5.97 Å². The number of amides is 1. The summed E-state index contributed by atoms with van der Waals surface area (Å²) in [6, 6.07) is -0.0784. The van der Waals surface area contributed by atoms with E-state index in [9.17, 15) is 9.59 Å². The lowest BCUT2D eigenvalue weighted by atomic mass is 10.1. The largest absolute Gasteiger partial charge is 0.481 e. The van der Waals surface area contributed by atoms with Crippen LogP contribution < -0.4 is 5.32 Å². The van der Waals surface area contributed by atoms with Gasteiger partial charge in [0.2, 0.25) is 0 Å². The molecule has 0 radical (unpaired) electrons. The third-order valence-corrected chi connectivity index (χ3v) is 2.76. The van der Waals surface area contributed by atoms with Gasteiger partial charge in [0.15, 0.2) is 5.69 Å². The smallest absolute Gasteiger partial charge is 0.306 e. The molecule has 1 amide bonds. The number of H-pyrrole nitrogens is 1. The maximum absolute atomic E-state index is 11.6. The maximum atomic E-state index is 11.6. The van der Waals surface area contributed by atoms with Crippen molar-refractivity contribution in [3.05, 3.63) is 11.9 Å². The first-order valence-electron chi connectivity index (χ1n) is 5.06. The van der Waals surface area contributed by atoms with Crippen molar-refractivity contribution in [2.75, 3.05) is 0 Å². The van der Waals surface area contributed by atoms with Crippen molar-refractivity contribution in [2.45, 2.75) is 25.3 Å². The first-order valence-corrected chi connectivity index (χ1v) is 5.06. The first-order chi connectivity index (χ1) is 7.66. The van der Waals surface area contributed by atoms with Gasteiger partial charge in [-0.05, 0) is 19.3 Å². The normalized spacial score (nSPS) is 24.2. The number of hydrogen-bond acceptors (Lipinski definition) is 4. The number of aromatic nitrogens is 3. The van der Waals surface area contributed by atoms with Crippen LogP contribution in [0.4, 0.5) is 0 Å². The molecule has 86 valence electrons. The van der Waals surface area contributed by atoms with Crippen LogP contribution in [0.1, 0.15) is 29.8 Å². The molecule has 1 aromatic heterocycles. The summed E-state index contributed by atoms with van der Waals surface area (Å²) in [6.45, 7) is 0. The Morgan fingerprint density at radius 1 is 1.50 bits per heavy atom. The monoisotopic (exact) mass is 224 g/mol. The van der Waals surface area contributed by atoms with Crippen molar-refractivity contribution in [3.63, 3.8) is 0 Å². The zero-order valence-corrected chi connectivity index (χ0v) is 8.51. The van der Waals surface area contributed by atoms with E-state index in [0.717, 1.165) is 0 Å². The molecule has 16 heavy (non-hydrogen) atoms. The van der Waals surface area contributed by atoms with Crippen molar-refractivity contribution < 1.29 is 14.7 Å². The molecule has 3 N–H and O–H groups in total. The van der Waals surface area contributed by atoms with Gasteiger partial charge in [0.25, 0.3) is 5.91 Å². The SMILES string of the molecule is O=C(N[C@H]1CC[C@@H](C(=O)O)C1)c1cn[nH]n1. The number of aliphatic carboxylic acids is 1. The Balaban J connectivity index is 1.88. The molecule has 0 aliphatic heterocycles. The molecule has 2 atom stereocenters. The summed E-state index contributed by atoms with van der Waals surface area (Å²) in [5.41, 5.74) is 0.221. The zero-order chi connectivity index (χ0) is 11.5. The lowest BCUT2D eigenvalue weighted by Crippen LogP contribution is -2.33. The van der Waals surface area contributed by atoms with Crippen LogP contribution in [0.3, 0.4) is 0 Å². The lowest BCUT2D eigenvalue weighted by Gasteiger charge is -2.10. The van der Waals surface area contributed by atoms with E-state index >= 15 is 0 Å². The molecular formula is C9H12N4O3. The minimum Gasteiger partial charge on any atom is -0.481 e. The molecule has 0 bridgehead atoms. The summed E-state index contributed by atoms with van der Waals surface area (Å²) < 4.78 is 0. The van der Waals surface area contributed by atoms with E-state index in [0.29, 0.717) is 19.3 Å². The zero-order valence-electron chi connectivity index (χ0n) is 8.51. The number of carbonyl (C=O) groups is 2. The number of carbonyl (C=O) groups excluding carboxylic acids is 1. The van der Waals surface area contributed by atoms with E-state index in [1.807, 2.05) is 0 Å². The van der Waals surface area contributed by atoms with Crippen LogP contribution >= 0.6 is 0 Å². The van der Waals surface area contributed by atoms with Crippen LogP contribution in [0.25, 0.3) is 0 Å². The molecule has 1 aliphatic rings. The third-order valence-electron chi connectivity index (χ3n) is 2.76. The molecule has 2 rings (SSSR count). The molecule has 1 aliphatic carbocycles. The molecular weight excluding hydrogens is 212 g/mol. The average Bonchev–Trinajstić information content (AvgIpc) is 2.87. The summed E-state index contributed by atoms with van der Waals surface area (Å²) in [4.78, 5) is 22.3. The summed E-state index contributed by atoms with van der Waals surface area (Å²) in [6.07, 6.45) is 3.12. The van der Waals surface area contributed by atoms with Gasteiger partial charge in [-0.1, -0.05) is 0 Å². The molecule has 1 saturated carbocycles. The fourth-order valence-electron chi connectivity index (χ4n) is 1.91. The number of nitrogens with one attached hydrogen (secondary N) is 2. The number of nitrogens with zero attached hydrogens (tertiary/aromatic N) is 2. The number of hydrogen-bond donors (Lipinski definition) is 3. The predicted molar refractivity (Wildman–Crippen MR) is 52.6 cm³/mol. The van der Waals surface area contributed by atoms with E-state index in [2.05, 4.69) is 20.7 Å². The predicted octanol–water partition coefficient (Wildman–Crippen LogP) is -0.212. The van der Waals surface area contributed by atoms with E-state index in [-0.39, 0.29) is 23.6 Å². The first kappa shape index (κ1) is 10.6. The second kappa shape index (κ2) is 4.30. The van der Waals surface area contributed by atoms with Crippen molar-refractivity contribution in [2.24, 2.45) is 5.92 Å². The van der Waals surface area contributed by atoms with E-state index in [4.69, 9.17) is 5.11 Å². The van der Waals surface area contributed by atoms with Crippen LogP contribution in [0.15, 0.2) is 6.20 Å². The number of carboxylic acid groups (broad SMARTS) is 1. The highest BCUT2D eigenvalue weighted by molar-refractivity contribution is 5.92. The van der Waals surface area contributed by atoms with Gasteiger partial charge in [0.1, 0.15) is 0 Å². The number of carboxylic acids is 1. The Morgan fingerprint density at radius 2 is 2.31 bits per heavy atom. The standard InChI is InChI=1S/C9H12N4O3/c14-8(7-4-10-13-12-7)11-6-2-1-5(3-6)9(15)16/h4-6H,1-3H2,(H,11,14)(H,15,16)(H,10,12,13)/t5-,6+/m1/s1. The van der Waals surface area contributed by atoms with Crippen LogP contribution in [-0.2, 0) is 4.79 Å². The second-order valence-corrected chi connectivity index (χ2v) is 3.87. The van der Waals surface area contributed by atoms with Gasteiger partial charge in [0, 0.05) is 6.04 Å². The highest BCUT2D eigenvalue weighted by Crippen LogP contribution is 2.25. The van der Waals surface area contributed by atoms with E-state index in [1.54, 1.807) is 0 Å². The van der Waals surface area contributed by atoms with Gasteiger partial charge in [-0.15, -0.1) is 0 Å². The summed E-state index contributed by atoms with van der Waals surface area (Å²) in [5.74, 6) is -1.45. The van der Waals surface area contributed by atoms with Gasteiger partial charge >= 0.3 is 5.97 Å². The second-order valence-electron chi connectivity index (χ2n) is 3.87. The topological polar surface area (TPSA) is 108 Å². The Morgan fingerprint density at radius 3 is 2.88 bits per heavy atom. The molecule has 0 saturated heterocycles. The summed E-state index contributed by atoms with van der Waals surface area (Å²) in [5, 5.41) is 21.1. The van der Waals surface area contributed by atoms with Crippen molar-refractivity contribution >= 4 is 11.9 Å². The van der Waals surface area contributed by atoms with Crippen molar-refractivity contribution in [1.29, 1.82) is 0 Å². The fraction of sp³-hybridized carbons (Fsp3) is 0.556. The molecule has 0 unspecified atom stereocenters. The lowest BCUT2D eigenvalue weighted by molar-refractivity contribution is -0.141.